The van der Waals surface area contributed by atoms with Crippen LogP contribution in [0.1, 0.15) is 18.5 Å². The molecule has 0 bridgehead atoms. The van der Waals surface area contributed by atoms with Crippen molar-refractivity contribution in [2.45, 2.75) is 24.4 Å². The standard InChI is InChI=1S/C9H11BrN2O3/c1-12-6(2-7(10)11-12)9(8(14)15)3-5(13)4-9/h2,5,13H,3-4H2,1H3,(H,14,15). The van der Waals surface area contributed by atoms with Crippen LogP contribution >= 0.6 is 15.9 Å². The molecule has 5 nitrogen and oxygen atoms in total. The predicted molar refractivity (Wildman–Crippen MR) is 55.5 cm³/mol. The molecular weight excluding hydrogens is 264 g/mol. The minimum absolute atomic E-state index is 0.258. The summed E-state index contributed by atoms with van der Waals surface area (Å²) in [6, 6.07) is 1.69. The van der Waals surface area contributed by atoms with Crippen LogP contribution in [-0.4, -0.2) is 32.1 Å². The summed E-state index contributed by atoms with van der Waals surface area (Å²) < 4.78 is 2.16. The van der Waals surface area contributed by atoms with Gasteiger partial charge in [-0.2, -0.15) is 5.10 Å². The zero-order chi connectivity index (χ0) is 11.2. The molecule has 1 fully saturated rings. The molecule has 1 saturated carbocycles. The molecule has 0 unspecified atom stereocenters. The Balaban J connectivity index is 2.43. The van der Waals surface area contributed by atoms with Gasteiger partial charge in [0.15, 0.2) is 0 Å². The Kier molecular flexibility index (Phi) is 2.35. The zero-order valence-corrected chi connectivity index (χ0v) is 9.73. The van der Waals surface area contributed by atoms with Gasteiger partial charge < -0.3 is 10.2 Å². The summed E-state index contributed by atoms with van der Waals surface area (Å²) in [5.41, 5.74) is -0.333. The normalized spacial score (nSPS) is 29.9. The fraction of sp³-hybridized carbons (Fsp3) is 0.556. The summed E-state index contributed by atoms with van der Waals surface area (Å²) in [7, 11) is 1.70. The maximum atomic E-state index is 11.2. The van der Waals surface area contributed by atoms with Gasteiger partial charge in [-0.05, 0) is 34.8 Å². The van der Waals surface area contributed by atoms with Gasteiger partial charge in [-0.1, -0.05) is 0 Å². The van der Waals surface area contributed by atoms with Gasteiger partial charge in [0.25, 0.3) is 0 Å². The lowest BCUT2D eigenvalue weighted by molar-refractivity contribution is -0.153. The Morgan fingerprint density at radius 2 is 2.33 bits per heavy atom. The zero-order valence-electron chi connectivity index (χ0n) is 8.14. The number of hydrogen-bond acceptors (Lipinski definition) is 3. The van der Waals surface area contributed by atoms with E-state index < -0.39 is 17.5 Å². The second-order valence-corrected chi connectivity index (χ2v) is 4.74. The first-order valence-corrected chi connectivity index (χ1v) is 5.36. The van der Waals surface area contributed by atoms with E-state index in [1.165, 1.54) is 0 Å². The highest BCUT2D eigenvalue weighted by Crippen LogP contribution is 2.44. The molecule has 2 N–H and O–H groups in total. The van der Waals surface area contributed by atoms with Crippen molar-refractivity contribution in [3.05, 3.63) is 16.4 Å². The van der Waals surface area contributed by atoms with Crippen LogP contribution in [0.5, 0.6) is 0 Å². The van der Waals surface area contributed by atoms with Crippen LogP contribution < -0.4 is 0 Å². The third kappa shape index (κ3) is 1.48. The van der Waals surface area contributed by atoms with E-state index in [-0.39, 0.29) is 12.8 Å². The summed E-state index contributed by atoms with van der Waals surface area (Å²) in [5.74, 6) is -0.900. The smallest absolute Gasteiger partial charge is 0.315 e. The number of carboxylic acids is 1. The van der Waals surface area contributed by atoms with Gasteiger partial charge in [0.2, 0.25) is 0 Å². The quantitative estimate of drug-likeness (QED) is 0.831. The SMILES string of the molecule is Cn1nc(Br)cc1C1(C(=O)O)CC(O)C1. The van der Waals surface area contributed by atoms with Crippen molar-refractivity contribution in [1.82, 2.24) is 9.78 Å². The summed E-state index contributed by atoms with van der Waals surface area (Å²) in [4.78, 5) is 11.2. The molecule has 1 aromatic rings. The third-order valence-electron chi connectivity index (χ3n) is 2.92. The Morgan fingerprint density at radius 3 is 2.67 bits per heavy atom. The van der Waals surface area contributed by atoms with Crippen LogP contribution in [-0.2, 0) is 17.3 Å². The fourth-order valence-electron chi connectivity index (χ4n) is 2.12. The van der Waals surface area contributed by atoms with Gasteiger partial charge in [0.05, 0.1) is 11.8 Å². The van der Waals surface area contributed by atoms with Crippen molar-refractivity contribution < 1.29 is 15.0 Å². The van der Waals surface area contributed by atoms with Crippen molar-refractivity contribution in [3.8, 4) is 0 Å². The number of aliphatic hydroxyl groups excluding tert-OH is 1. The van der Waals surface area contributed by atoms with Gasteiger partial charge in [-0.3, -0.25) is 9.48 Å². The molecule has 0 aromatic carbocycles. The van der Waals surface area contributed by atoms with E-state index in [0.29, 0.717) is 10.3 Å². The highest BCUT2D eigenvalue weighted by atomic mass is 79.9. The van der Waals surface area contributed by atoms with Crippen LogP contribution in [0.15, 0.2) is 10.7 Å². The lowest BCUT2D eigenvalue weighted by Crippen LogP contribution is -2.51. The number of aliphatic hydroxyl groups is 1. The number of aryl methyl sites for hydroxylation is 1. The minimum atomic E-state index is -0.965. The van der Waals surface area contributed by atoms with E-state index in [9.17, 15) is 15.0 Å². The van der Waals surface area contributed by atoms with Crippen molar-refractivity contribution in [2.75, 3.05) is 0 Å². The first-order valence-electron chi connectivity index (χ1n) is 4.57. The molecule has 1 aliphatic rings. The van der Waals surface area contributed by atoms with Gasteiger partial charge >= 0.3 is 5.97 Å². The van der Waals surface area contributed by atoms with Crippen molar-refractivity contribution in [2.24, 2.45) is 7.05 Å². The monoisotopic (exact) mass is 274 g/mol. The van der Waals surface area contributed by atoms with Crippen LogP contribution in [0.2, 0.25) is 0 Å². The van der Waals surface area contributed by atoms with E-state index in [0.717, 1.165) is 0 Å². The second-order valence-electron chi connectivity index (χ2n) is 3.93. The predicted octanol–water partition coefficient (Wildman–Crippen LogP) is 0.660. The number of hydrogen-bond donors (Lipinski definition) is 2. The number of carbonyl (C=O) groups is 1. The molecule has 0 saturated heterocycles. The van der Waals surface area contributed by atoms with Crippen LogP contribution in [0.4, 0.5) is 0 Å². The molecule has 6 heteroatoms. The number of aliphatic carboxylic acids is 1. The summed E-state index contributed by atoms with van der Waals surface area (Å²) >= 11 is 3.21. The van der Waals surface area contributed by atoms with Crippen molar-refractivity contribution >= 4 is 21.9 Å². The molecule has 1 aromatic heterocycles. The lowest BCUT2D eigenvalue weighted by Gasteiger charge is -2.41. The molecule has 1 aliphatic carbocycles. The Labute approximate surface area is 94.8 Å². The topological polar surface area (TPSA) is 75.4 Å². The minimum Gasteiger partial charge on any atom is -0.481 e. The summed E-state index contributed by atoms with van der Waals surface area (Å²) in [5, 5.41) is 22.6. The average molecular weight is 275 g/mol. The Bertz CT molecular complexity index is 409. The van der Waals surface area contributed by atoms with E-state index in [1.54, 1.807) is 17.8 Å². The van der Waals surface area contributed by atoms with Crippen LogP contribution in [0.25, 0.3) is 0 Å². The number of nitrogens with zero attached hydrogens (tertiary/aromatic N) is 2. The molecular formula is C9H11BrN2O3. The number of carboxylic acid groups (broad SMARTS) is 1. The van der Waals surface area contributed by atoms with Crippen LogP contribution in [0.3, 0.4) is 0 Å². The van der Waals surface area contributed by atoms with Gasteiger partial charge in [0.1, 0.15) is 10.0 Å². The van der Waals surface area contributed by atoms with Crippen LogP contribution in [0, 0.1) is 0 Å². The second kappa shape index (κ2) is 3.31. The van der Waals surface area contributed by atoms with Gasteiger partial charge in [0, 0.05) is 7.05 Å². The number of halogens is 1. The maximum absolute atomic E-state index is 11.2. The van der Waals surface area contributed by atoms with E-state index in [1.807, 2.05) is 0 Å². The largest absolute Gasteiger partial charge is 0.481 e. The molecule has 0 radical (unpaired) electrons. The first-order chi connectivity index (χ1) is 6.95. The Morgan fingerprint density at radius 1 is 1.73 bits per heavy atom. The molecule has 0 amide bonds. The molecule has 0 spiro atoms. The van der Waals surface area contributed by atoms with E-state index in [2.05, 4.69) is 21.0 Å². The Hall–Kier alpha value is -0.880. The molecule has 1 heterocycles. The van der Waals surface area contributed by atoms with Crippen molar-refractivity contribution in [3.63, 3.8) is 0 Å². The first kappa shape index (κ1) is 10.6. The third-order valence-corrected chi connectivity index (χ3v) is 3.31. The summed E-state index contributed by atoms with van der Waals surface area (Å²) in [6.45, 7) is 0. The molecule has 82 valence electrons. The molecule has 15 heavy (non-hydrogen) atoms. The van der Waals surface area contributed by atoms with E-state index in [4.69, 9.17) is 0 Å². The van der Waals surface area contributed by atoms with Gasteiger partial charge in [-0.15, -0.1) is 0 Å². The molecule has 0 atom stereocenters. The number of rotatable bonds is 2. The fourth-order valence-corrected chi connectivity index (χ4v) is 2.57. The van der Waals surface area contributed by atoms with Gasteiger partial charge in [-0.25, -0.2) is 0 Å². The highest BCUT2D eigenvalue weighted by molar-refractivity contribution is 9.10. The summed E-state index contributed by atoms with van der Waals surface area (Å²) in [6.07, 6.45) is -0.00224. The number of aromatic nitrogens is 2. The highest BCUT2D eigenvalue weighted by Gasteiger charge is 2.53. The lowest BCUT2D eigenvalue weighted by atomic mass is 9.64. The van der Waals surface area contributed by atoms with Crippen molar-refractivity contribution in [1.29, 1.82) is 0 Å². The average Bonchev–Trinajstić information content (AvgIpc) is 2.39. The maximum Gasteiger partial charge on any atom is 0.315 e. The molecule has 0 aliphatic heterocycles. The molecule has 2 rings (SSSR count). The van der Waals surface area contributed by atoms with E-state index >= 15 is 0 Å².